The molecule has 0 saturated carbocycles. The van der Waals surface area contributed by atoms with Crippen LogP contribution in [0.4, 0.5) is 13.2 Å². The third-order valence-electron chi connectivity index (χ3n) is 3.02. The number of nitrogens with zero attached hydrogens (tertiary/aromatic N) is 2. The Balaban J connectivity index is 1.83. The van der Waals surface area contributed by atoms with Gasteiger partial charge >= 0.3 is 6.18 Å². The highest BCUT2D eigenvalue weighted by Gasteiger charge is 2.27. The van der Waals surface area contributed by atoms with Gasteiger partial charge in [-0.25, -0.2) is 4.98 Å². The molecule has 1 aromatic heterocycles. The molecule has 0 amide bonds. The number of benzene rings is 1. The number of rotatable bonds is 7. The van der Waals surface area contributed by atoms with Crippen molar-refractivity contribution in [3.63, 3.8) is 0 Å². The van der Waals surface area contributed by atoms with E-state index in [1.54, 1.807) is 0 Å². The molecule has 0 aliphatic rings. The minimum Gasteiger partial charge on any atom is -0.371 e. The van der Waals surface area contributed by atoms with Crippen LogP contribution in [0.5, 0.6) is 0 Å². The van der Waals surface area contributed by atoms with E-state index in [2.05, 4.69) is 19.6 Å². The van der Waals surface area contributed by atoms with E-state index < -0.39 is 12.8 Å². The Labute approximate surface area is 120 Å². The van der Waals surface area contributed by atoms with Crippen LogP contribution < -0.4 is 5.32 Å². The van der Waals surface area contributed by atoms with Gasteiger partial charge in [-0.05, 0) is 19.1 Å². The number of halogens is 3. The fourth-order valence-electron chi connectivity index (χ4n) is 2.15. The van der Waals surface area contributed by atoms with Crippen molar-refractivity contribution in [3.05, 3.63) is 30.1 Å². The summed E-state index contributed by atoms with van der Waals surface area (Å²) in [7, 11) is 0. The zero-order valence-electron chi connectivity index (χ0n) is 11.8. The lowest BCUT2D eigenvalue weighted by Gasteiger charge is -2.09. The number of aryl methyl sites for hydroxylation is 1. The molecule has 0 atom stereocenters. The predicted molar refractivity (Wildman–Crippen MR) is 74.0 cm³/mol. The minimum atomic E-state index is -4.27. The van der Waals surface area contributed by atoms with Crippen LogP contribution in [0.25, 0.3) is 11.0 Å². The van der Waals surface area contributed by atoms with Gasteiger partial charge in [0, 0.05) is 13.1 Å². The molecule has 7 heteroatoms. The molecule has 21 heavy (non-hydrogen) atoms. The van der Waals surface area contributed by atoms with E-state index in [1.165, 1.54) is 0 Å². The normalized spacial score (nSPS) is 12.2. The summed E-state index contributed by atoms with van der Waals surface area (Å²) in [6.45, 7) is 2.49. The second kappa shape index (κ2) is 6.91. The summed E-state index contributed by atoms with van der Waals surface area (Å²) >= 11 is 0. The average Bonchev–Trinajstić information content (AvgIpc) is 2.78. The third kappa shape index (κ3) is 4.44. The smallest absolute Gasteiger partial charge is 0.371 e. The average molecular weight is 301 g/mol. The quantitative estimate of drug-likeness (QED) is 0.799. The molecule has 1 aromatic carbocycles. The van der Waals surface area contributed by atoms with E-state index in [0.29, 0.717) is 13.1 Å². The zero-order chi connectivity index (χ0) is 15.3. The van der Waals surface area contributed by atoms with Crippen LogP contribution in [-0.4, -0.2) is 35.5 Å². The van der Waals surface area contributed by atoms with Crippen molar-refractivity contribution in [2.45, 2.75) is 26.2 Å². The standard InChI is InChI=1S/C14H18F3N3O/c1-2-20-12-6-4-3-5-11(12)19-13(20)9-18-7-8-21-10-14(15,16)17/h3-6,18H,2,7-10H2,1H3. The molecule has 0 unspecified atom stereocenters. The highest BCUT2D eigenvalue weighted by molar-refractivity contribution is 5.75. The summed E-state index contributed by atoms with van der Waals surface area (Å²) in [5.74, 6) is 0.870. The lowest BCUT2D eigenvalue weighted by atomic mass is 10.3. The number of ether oxygens (including phenoxy) is 1. The number of para-hydroxylation sites is 2. The van der Waals surface area contributed by atoms with Crippen LogP contribution in [0, 0.1) is 0 Å². The second-order valence-corrected chi connectivity index (χ2v) is 4.61. The number of alkyl halides is 3. The SMILES string of the molecule is CCn1c(CNCCOCC(F)(F)F)nc2ccccc21. The maximum Gasteiger partial charge on any atom is 0.411 e. The molecule has 0 saturated heterocycles. The van der Waals surface area contributed by atoms with Crippen molar-refractivity contribution in [1.29, 1.82) is 0 Å². The van der Waals surface area contributed by atoms with E-state index in [0.717, 1.165) is 23.4 Å². The van der Waals surface area contributed by atoms with Crippen molar-refractivity contribution in [2.24, 2.45) is 0 Å². The van der Waals surface area contributed by atoms with Gasteiger partial charge in [-0.3, -0.25) is 0 Å². The summed E-state index contributed by atoms with van der Waals surface area (Å²) in [6.07, 6.45) is -4.27. The van der Waals surface area contributed by atoms with E-state index >= 15 is 0 Å². The van der Waals surface area contributed by atoms with Gasteiger partial charge in [0.05, 0.1) is 24.2 Å². The summed E-state index contributed by atoms with van der Waals surface area (Å²) in [5.41, 5.74) is 1.98. The number of hydrogen-bond donors (Lipinski definition) is 1. The minimum absolute atomic E-state index is 0.0197. The summed E-state index contributed by atoms with van der Waals surface area (Å²) < 4.78 is 42.3. The van der Waals surface area contributed by atoms with Crippen molar-refractivity contribution in [3.8, 4) is 0 Å². The summed E-state index contributed by atoms with van der Waals surface area (Å²) in [4.78, 5) is 4.52. The van der Waals surface area contributed by atoms with Gasteiger partial charge in [0.1, 0.15) is 12.4 Å². The molecular formula is C14H18F3N3O. The van der Waals surface area contributed by atoms with Gasteiger partial charge < -0.3 is 14.6 Å². The van der Waals surface area contributed by atoms with E-state index in [1.807, 2.05) is 31.2 Å². The molecule has 1 heterocycles. The van der Waals surface area contributed by atoms with Gasteiger partial charge in [0.15, 0.2) is 0 Å². The number of imidazole rings is 1. The van der Waals surface area contributed by atoms with Gasteiger partial charge in [-0.2, -0.15) is 13.2 Å². The first-order valence-electron chi connectivity index (χ1n) is 6.80. The van der Waals surface area contributed by atoms with Crippen molar-refractivity contribution >= 4 is 11.0 Å². The van der Waals surface area contributed by atoms with Crippen LogP contribution in [0.1, 0.15) is 12.7 Å². The van der Waals surface area contributed by atoms with Gasteiger partial charge in [0.2, 0.25) is 0 Å². The monoisotopic (exact) mass is 301 g/mol. The summed E-state index contributed by atoms with van der Waals surface area (Å²) in [6, 6.07) is 7.83. The topological polar surface area (TPSA) is 39.1 Å². The Bertz CT molecular complexity index is 580. The first-order valence-corrected chi connectivity index (χ1v) is 6.80. The molecule has 0 aliphatic heterocycles. The largest absolute Gasteiger partial charge is 0.411 e. The van der Waals surface area contributed by atoms with Crippen LogP contribution >= 0.6 is 0 Å². The van der Waals surface area contributed by atoms with E-state index in [-0.39, 0.29) is 6.61 Å². The maximum atomic E-state index is 11.9. The molecular weight excluding hydrogens is 283 g/mol. The number of hydrogen-bond acceptors (Lipinski definition) is 3. The van der Waals surface area contributed by atoms with Gasteiger partial charge in [0.25, 0.3) is 0 Å². The fourth-order valence-corrected chi connectivity index (χ4v) is 2.15. The third-order valence-corrected chi connectivity index (χ3v) is 3.02. The van der Waals surface area contributed by atoms with Crippen LogP contribution in [0.3, 0.4) is 0 Å². The molecule has 0 aliphatic carbocycles. The number of nitrogens with one attached hydrogen (secondary N) is 1. The predicted octanol–water partition coefficient (Wildman–Crippen LogP) is 2.72. The Morgan fingerprint density at radius 2 is 2.05 bits per heavy atom. The van der Waals surface area contributed by atoms with Crippen molar-refractivity contribution in [2.75, 3.05) is 19.8 Å². The van der Waals surface area contributed by atoms with Crippen molar-refractivity contribution in [1.82, 2.24) is 14.9 Å². The molecule has 116 valence electrons. The van der Waals surface area contributed by atoms with Crippen LogP contribution in [-0.2, 0) is 17.8 Å². The highest BCUT2D eigenvalue weighted by Crippen LogP contribution is 2.16. The van der Waals surface area contributed by atoms with E-state index in [4.69, 9.17) is 0 Å². The van der Waals surface area contributed by atoms with Gasteiger partial charge in [-0.15, -0.1) is 0 Å². The van der Waals surface area contributed by atoms with Crippen LogP contribution in [0.2, 0.25) is 0 Å². The number of aromatic nitrogens is 2. The van der Waals surface area contributed by atoms with Gasteiger partial charge in [-0.1, -0.05) is 12.1 Å². The maximum absolute atomic E-state index is 11.9. The Morgan fingerprint density at radius 3 is 2.76 bits per heavy atom. The first kappa shape index (κ1) is 15.8. The molecule has 0 radical (unpaired) electrons. The van der Waals surface area contributed by atoms with E-state index in [9.17, 15) is 13.2 Å². The molecule has 0 bridgehead atoms. The molecule has 2 aromatic rings. The fraction of sp³-hybridized carbons (Fsp3) is 0.500. The van der Waals surface area contributed by atoms with Crippen molar-refractivity contribution < 1.29 is 17.9 Å². The van der Waals surface area contributed by atoms with Crippen LogP contribution in [0.15, 0.2) is 24.3 Å². The zero-order valence-corrected chi connectivity index (χ0v) is 11.8. The molecule has 0 fully saturated rings. The lowest BCUT2D eigenvalue weighted by Crippen LogP contribution is -2.24. The molecule has 1 N–H and O–H groups in total. The summed E-state index contributed by atoms with van der Waals surface area (Å²) in [5, 5.41) is 3.05. The second-order valence-electron chi connectivity index (χ2n) is 4.61. The Hall–Kier alpha value is -1.60. The molecule has 2 rings (SSSR count). The highest BCUT2D eigenvalue weighted by atomic mass is 19.4. The Kier molecular flexibility index (Phi) is 5.19. The molecule has 0 spiro atoms. The Morgan fingerprint density at radius 1 is 1.29 bits per heavy atom. The number of fused-ring (bicyclic) bond motifs is 1. The molecule has 4 nitrogen and oxygen atoms in total. The lowest BCUT2D eigenvalue weighted by molar-refractivity contribution is -0.173. The first-order chi connectivity index (χ1) is 10.0.